The zero-order valence-electron chi connectivity index (χ0n) is 63.6. The van der Waals surface area contributed by atoms with E-state index in [1.165, 1.54) is 12.1 Å². The number of nitrogens with zero attached hydrogens (tertiary/aromatic N) is 14. The summed E-state index contributed by atoms with van der Waals surface area (Å²) < 4.78 is 59.1. The van der Waals surface area contributed by atoms with Gasteiger partial charge in [0.25, 0.3) is 0 Å². The van der Waals surface area contributed by atoms with Gasteiger partial charge in [-0.2, -0.15) is 9.79 Å². The zero-order valence-corrected chi connectivity index (χ0v) is 74.3. The fourth-order valence-corrected chi connectivity index (χ4v) is 13.3. The van der Waals surface area contributed by atoms with Crippen molar-refractivity contribution in [1.82, 2.24) is 59.0 Å². The van der Waals surface area contributed by atoms with Crippen LogP contribution in [0.3, 0.4) is 0 Å². The van der Waals surface area contributed by atoms with Gasteiger partial charge in [-0.05, 0) is 119 Å². The minimum Gasteiger partial charge on any atom is -0.779 e. The van der Waals surface area contributed by atoms with Crippen molar-refractivity contribution in [2.24, 2.45) is 14.1 Å². The second kappa shape index (κ2) is 41.6. The van der Waals surface area contributed by atoms with Gasteiger partial charge >= 0.3 is 75.1 Å². The first-order valence-electron chi connectivity index (χ1n) is 36.3. The molecule has 18 rings (SSSR count). The van der Waals surface area contributed by atoms with Crippen LogP contribution in [0.25, 0.3) is 113 Å². The molecule has 10 aromatic carbocycles. The number of aromatic carboxylic acids is 2. The van der Waals surface area contributed by atoms with Gasteiger partial charge < -0.3 is 44.6 Å². The molecule has 0 amide bonds. The van der Waals surface area contributed by atoms with Crippen LogP contribution < -0.4 is 9.80 Å². The summed E-state index contributed by atoms with van der Waals surface area (Å²) in [5, 5.41) is 18.8. The van der Waals surface area contributed by atoms with E-state index in [1.54, 1.807) is 101 Å². The summed E-state index contributed by atoms with van der Waals surface area (Å²) in [5.41, 5.74) is 11.4. The van der Waals surface area contributed by atoms with Gasteiger partial charge in [0.15, 0.2) is 23.3 Å². The van der Waals surface area contributed by atoms with Crippen LogP contribution in [0, 0.1) is 47.5 Å². The van der Waals surface area contributed by atoms with Crippen LogP contribution in [-0.2, 0) is 124 Å². The summed E-state index contributed by atoms with van der Waals surface area (Å²) in [6.45, 7) is 0. The number of carboxylic acid groups (broad SMARTS) is 2. The molecule has 0 unspecified atom stereocenters. The average Bonchev–Trinajstić information content (AvgIpc) is 1.60. The third-order valence-corrected chi connectivity index (χ3v) is 19.1. The molecular formula is C94H60F4N14O4Pt4S2. The van der Waals surface area contributed by atoms with Crippen molar-refractivity contribution in [3.05, 3.63) is 374 Å². The average molecular weight is 2370 g/mol. The molecule has 0 fully saturated rings. The standard InChI is InChI=1S/C28H15F4N3.C28H19N3.C20H14N4S2.C18H14N4O4.4Pt/c29-18-12-14-21(23(31)16-18)25-8-4-10-27(33-25)35(20-6-2-1-3-7-20)28-11-5-9-26(34-28)22-15-13-19(30)17-24(22)32;1-4-12-22(13-5-1)25-18-10-20-27(29-25)31(24-16-8-3-9-17-24)28-21-11-19-26(30-28)23-14-6-2-7-15-23;25-17-7-3-1-5-13(17)15-9-11-21-19(23-15)20-22-12-10-16(24-20)14-6-2-4-8-18(14)26;1-21-11-7-3-5-9(17(23)24)13(11)19-15(21)16-20-14-10(18(25)26)6-4-8-12(14)22(16)2;;;;/h1-13,16-17H;1-12,14,16-21H;1-12,25-26H;3-8H,1-2H3,(H,23,24)(H,25,26);;;;/q2*-2;;;;3*+2/p-2. The van der Waals surface area contributed by atoms with Gasteiger partial charge in [0.2, 0.25) is 0 Å². The van der Waals surface area contributed by atoms with Crippen molar-refractivity contribution in [3.63, 3.8) is 0 Å². The van der Waals surface area contributed by atoms with Crippen molar-refractivity contribution in [2.75, 3.05) is 9.80 Å². The van der Waals surface area contributed by atoms with Crippen molar-refractivity contribution >= 4 is 93.9 Å². The van der Waals surface area contributed by atoms with Gasteiger partial charge in [-0.15, -0.1) is 96.1 Å². The molecule has 0 spiro atoms. The largest absolute Gasteiger partial charge is 2.00 e. The molecule has 122 heavy (non-hydrogen) atoms. The van der Waals surface area contributed by atoms with E-state index in [2.05, 4.69) is 81.2 Å². The molecule has 0 atom stereocenters. The number of halogens is 4. The van der Waals surface area contributed by atoms with Gasteiger partial charge in [-0.1, -0.05) is 169 Å². The summed E-state index contributed by atoms with van der Waals surface area (Å²) in [6, 6.07) is 101. The number of fused-ring (bicyclic) bond motifs is 2. The third kappa shape index (κ3) is 20.5. The second-order valence-electron chi connectivity index (χ2n) is 26.0. The second-order valence-corrected chi connectivity index (χ2v) is 26.8. The SMILES string of the molecule is Cn1c(-c2nc3c(C(=O)O)cccc3n2C)nc2c(C(=O)O)cccc21.Fc1c[c-]c(-c2cccc(N(c3ccccc3)c3cccc(-c4[c-]cc(F)cc4F)n3)n2)c(F)c1.[Pt+2].[Pt+2].[Pt+2].[Pt].[S-]c1ccccc1-c1ccnc(-c2nccc(-c3ccccc3[S-])n2)n1.[c-]1ccccc1-c1cccc(N(c2ccccc2)c2cccc(-c3[c-]cccc3)n2)n1. The number of anilines is 6. The Labute approximate surface area is 766 Å². The number of benzene rings is 10. The van der Waals surface area contributed by atoms with Crippen LogP contribution in [-0.4, -0.2) is 81.1 Å². The van der Waals surface area contributed by atoms with E-state index in [9.17, 15) is 37.4 Å². The Morgan fingerprint density at radius 3 is 1.07 bits per heavy atom. The van der Waals surface area contributed by atoms with Crippen molar-refractivity contribution in [3.8, 4) is 90.8 Å². The fourth-order valence-electron chi connectivity index (χ4n) is 12.8. The molecule has 18 nitrogen and oxygen atoms in total. The Morgan fingerprint density at radius 2 is 0.713 bits per heavy atom. The number of imidazole rings is 2. The van der Waals surface area contributed by atoms with E-state index >= 15 is 0 Å². The fraction of sp³-hybridized carbons (Fsp3) is 0.0213. The van der Waals surface area contributed by atoms with E-state index in [1.807, 2.05) is 194 Å². The van der Waals surface area contributed by atoms with Crippen molar-refractivity contribution in [1.29, 1.82) is 0 Å². The minimum absolute atomic E-state index is 0. The van der Waals surface area contributed by atoms with Crippen LogP contribution in [0.1, 0.15) is 20.7 Å². The van der Waals surface area contributed by atoms with Crippen LogP contribution in [0.4, 0.5) is 52.2 Å². The maximum absolute atomic E-state index is 14.4. The quantitative estimate of drug-likeness (QED) is 0.0522. The predicted molar refractivity (Wildman–Crippen MR) is 450 cm³/mol. The Hall–Kier alpha value is -12.6. The smallest absolute Gasteiger partial charge is 0.779 e. The number of hydrogen-bond acceptors (Lipinski definition) is 16. The van der Waals surface area contributed by atoms with Gasteiger partial charge in [0, 0.05) is 82.2 Å². The molecular weight excluding hydrogens is 2310 g/mol. The molecule has 18 aromatic rings. The molecule has 0 aliphatic carbocycles. The molecule has 0 bridgehead atoms. The molecule has 2 N–H and O–H groups in total. The molecule has 0 saturated carbocycles. The third-order valence-electron chi connectivity index (χ3n) is 18.4. The zero-order chi connectivity index (χ0) is 81.8. The van der Waals surface area contributed by atoms with Crippen LogP contribution in [0.15, 0.2) is 326 Å². The summed E-state index contributed by atoms with van der Waals surface area (Å²) in [7, 11) is 3.54. The van der Waals surface area contributed by atoms with E-state index in [-0.39, 0.29) is 118 Å². The Morgan fingerprint density at radius 1 is 0.369 bits per heavy atom. The van der Waals surface area contributed by atoms with E-state index in [4.69, 9.17) is 35.2 Å². The van der Waals surface area contributed by atoms with Gasteiger partial charge in [0.1, 0.15) is 34.3 Å². The van der Waals surface area contributed by atoms with Crippen molar-refractivity contribution < 1.29 is 122 Å². The number of pyridine rings is 4. The molecule has 610 valence electrons. The summed E-state index contributed by atoms with van der Waals surface area (Å²) >= 11 is 10.8. The number of carbonyl (C=O) groups is 2. The number of para-hydroxylation sites is 4. The van der Waals surface area contributed by atoms with E-state index in [0.717, 1.165) is 96.4 Å². The van der Waals surface area contributed by atoms with Crippen LogP contribution in [0.2, 0.25) is 0 Å². The molecule has 0 aliphatic rings. The molecule has 0 aliphatic heterocycles. The van der Waals surface area contributed by atoms with Gasteiger partial charge in [-0.3, -0.25) is 47.3 Å². The number of hydrogen-bond donors (Lipinski definition) is 2. The predicted octanol–water partition coefficient (Wildman–Crippen LogP) is 20.9. The van der Waals surface area contributed by atoms with Gasteiger partial charge in [0.05, 0.1) is 33.5 Å². The molecule has 0 saturated heterocycles. The Balaban J connectivity index is 0.000000158. The number of aromatic nitrogens is 12. The van der Waals surface area contributed by atoms with E-state index in [0.29, 0.717) is 62.7 Å². The normalized spacial score (nSPS) is 10.5. The Kier molecular flexibility index (Phi) is 30.7. The monoisotopic (exact) mass is 2370 g/mol. The maximum atomic E-state index is 14.4. The molecule has 28 heteroatoms. The number of aryl methyl sites for hydroxylation is 2. The van der Waals surface area contributed by atoms with E-state index < -0.39 is 35.2 Å². The molecule has 8 heterocycles. The van der Waals surface area contributed by atoms with Crippen molar-refractivity contribution in [2.45, 2.75) is 9.79 Å². The Bertz CT molecular complexity index is 6360. The first-order valence-corrected chi connectivity index (χ1v) is 37.2. The van der Waals surface area contributed by atoms with Crippen LogP contribution in [0.5, 0.6) is 0 Å². The minimum atomic E-state index is -1.06. The molecule has 0 radical (unpaired) electrons. The molecule has 8 aromatic heterocycles. The first kappa shape index (κ1) is 90.1. The van der Waals surface area contributed by atoms with Gasteiger partial charge in [-0.25, -0.2) is 39.5 Å². The topological polar surface area (TPSA) is 220 Å². The maximum Gasteiger partial charge on any atom is 2.00 e. The number of carboxylic acids is 2. The van der Waals surface area contributed by atoms with Crippen LogP contribution >= 0.6 is 0 Å². The first-order chi connectivity index (χ1) is 57.5. The number of rotatable bonds is 16. The summed E-state index contributed by atoms with van der Waals surface area (Å²) in [6.07, 6.45) is 3.38. The summed E-state index contributed by atoms with van der Waals surface area (Å²) in [5.74, 6) is -0.980. The summed E-state index contributed by atoms with van der Waals surface area (Å²) in [4.78, 5) is 74.1.